The van der Waals surface area contributed by atoms with Crippen LogP contribution in [0.5, 0.6) is 0 Å². The van der Waals surface area contributed by atoms with Crippen LogP contribution in [0.15, 0.2) is 4.52 Å². The monoisotopic (exact) mass is 283 g/mol. The first-order valence-corrected chi connectivity index (χ1v) is 7.15. The fourth-order valence-electron chi connectivity index (χ4n) is 2.07. The molecule has 114 valence electrons. The lowest BCUT2D eigenvalue weighted by molar-refractivity contribution is -0.151. The van der Waals surface area contributed by atoms with Gasteiger partial charge in [0.25, 0.3) is 0 Å². The van der Waals surface area contributed by atoms with Gasteiger partial charge in [0.1, 0.15) is 5.41 Å². The number of hydrogen-bond acceptors (Lipinski definition) is 6. The number of carbonyl (C=O) groups is 1. The lowest BCUT2D eigenvalue weighted by atomic mass is 9.82. The average Bonchev–Trinajstić information content (AvgIpc) is 2.88. The van der Waals surface area contributed by atoms with Crippen molar-refractivity contribution in [1.29, 1.82) is 0 Å². The molecule has 6 nitrogen and oxygen atoms in total. The molecule has 1 heterocycles. The van der Waals surface area contributed by atoms with Crippen molar-refractivity contribution in [2.45, 2.75) is 45.4 Å². The number of esters is 1. The molecule has 0 N–H and O–H groups in total. The van der Waals surface area contributed by atoms with E-state index in [9.17, 15) is 4.79 Å². The molecule has 6 heteroatoms. The fraction of sp³-hybridized carbons (Fsp3) is 0.786. The van der Waals surface area contributed by atoms with E-state index < -0.39 is 5.41 Å². The van der Waals surface area contributed by atoms with Gasteiger partial charge in [0.2, 0.25) is 5.89 Å². The molecule has 0 aliphatic heterocycles. The third kappa shape index (κ3) is 3.56. The van der Waals surface area contributed by atoms with Gasteiger partial charge in [-0.1, -0.05) is 19.0 Å². The summed E-state index contributed by atoms with van der Waals surface area (Å²) in [7, 11) is 3.98. The third-order valence-corrected chi connectivity index (χ3v) is 3.53. The molecule has 0 fully saturated rings. The van der Waals surface area contributed by atoms with E-state index in [1.807, 2.05) is 32.8 Å². The van der Waals surface area contributed by atoms with Gasteiger partial charge in [0, 0.05) is 13.0 Å². The first-order chi connectivity index (χ1) is 9.50. The van der Waals surface area contributed by atoms with Crippen molar-refractivity contribution in [3.63, 3.8) is 0 Å². The van der Waals surface area contributed by atoms with Gasteiger partial charge in [-0.25, -0.2) is 0 Å². The SMILES string of the molecule is CCOC(=O)C(CC)(CC)c1nc(CCN(C)C)no1. The van der Waals surface area contributed by atoms with Crippen LogP contribution in [0.4, 0.5) is 0 Å². The maximum atomic E-state index is 12.2. The molecular weight excluding hydrogens is 258 g/mol. The van der Waals surface area contributed by atoms with Gasteiger partial charge in [-0.05, 0) is 33.9 Å². The first kappa shape index (κ1) is 16.6. The predicted octanol–water partition coefficient (Wildman–Crippen LogP) is 1.79. The Bertz CT molecular complexity index is 425. The van der Waals surface area contributed by atoms with Gasteiger partial charge in [-0.15, -0.1) is 0 Å². The molecule has 20 heavy (non-hydrogen) atoms. The standard InChI is InChI=1S/C14H25N3O3/c1-6-14(7-2,13(18)19-8-3)12-15-11(16-20-12)9-10-17(4)5/h6-10H2,1-5H3. The topological polar surface area (TPSA) is 68.5 Å². The number of carbonyl (C=O) groups excluding carboxylic acids is 1. The molecule has 0 aliphatic rings. The Balaban J connectivity index is 2.95. The molecule has 0 aromatic carbocycles. The molecule has 0 bridgehead atoms. The Morgan fingerprint density at radius 2 is 1.95 bits per heavy atom. The summed E-state index contributed by atoms with van der Waals surface area (Å²) in [5, 5.41) is 3.97. The molecule has 0 unspecified atom stereocenters. The second-order valence-corrected chi connectivity index (χ2v) is 5.08. The van der Waals surface area contributed by atoms with Gasteiger partial charge in [0.05, 0.1) is 6.61 Å². The summed E-state index contributed by atoms with van der Waals surface area (Å²) in [5.74, 6) is 0.715. The highest BCUT2D eigenvalue weighted by Gasteiger charge is 2.43. The molecule has 1 aromatic rings. The van der Waals surface area contributed by atoms with E-state index in [0.29, 0.717) is 37.6 Å². The van der Waals surface area contributed by atoms with Crippen LogP contribution < -0.4 is 0 Å². The summed E-state index contributed by atoms with van der Waals surface area (Å²) < 4.78 is 10.5. The van der Waals surface area contributed by atoms with Gasteiger partial charge >= 0.3 is 5.97 Å². The van der Waals surface area contributed by atoms with Crippen molar-refractivity contribution in [2.24, 2.45) is 0 Å². The van der Waals surface area contributed by atoms with E-state index in [1.165, 1.54) is 0 Å². The average molecular weight is 283 g/mol. The zero-order valence-electron chi connectivity index (χ0n) is 13.1. The maximum Gasteiger partial charge on any atom is 0.321 e. The molecule has 1 rings (SSSR count). The highest BCUT2D eigenvalue weighted by Crippen LogP contribution is 2.32. The molecule has 0 radical (unpaired) electrons. The van der Waals surface area contributed by atoms with Crippen molar-refractivity contribution in [1.82, 2.24) is 15.0 Å². The van der Waals surface area contributed by atoms with Gasteiger partial charge in [-0.3, -0.25) is 4.79 Å². The summed E-state index contributed by atoms with van der Waals surface area (Å²) in [6.07, 6.45) is 1.86. The van der Waals surface area contributed by atoms with Crippen LogP contribution >= 0.6 is 0 Å². The highest BCUT2D eigenvalue weighted by molar-refractivity contribution is 5.81. The number of rotatable bonds is 8. The quantitative estimate of drug-likeness (QED) is 0.678. The van der Waals surface area contributed by atoms with Crippen molar-refractivity contribution in [3.8, 4) is 0 Å². The molecule has 0 saturated carbocycles. The Hall–Kier alpha value is -1.43. The van der Waals surface area contributed by atoms with Crippen LogP contribution in [0.1, 0.15) is 45.3 Å². The minimum Gasteiger partial charge on any atom is -0.465 e. The van der Waals surface area contributed by atoms with E-state index in [4.69, 9.17) is 9.26 Å². The van der Waals surface area contributed by atoms with Crippen LogP contribution in [-0.4, -0.2) is 48.3 Å². The number of ether oxygens (including phenoxy) is 1. The molecular formula is C14H25N3O3. The third-order valence-electron chi connectivity index (χ3n) is 3.53. The molecule has 1 aromatic heterocycles. The lowest BCUT2D eigenvalue weighted by Crippen LogP contribution is -2.37. The lowest BCUT2D eigenvalue weighted by Gasteiger charge is -2.24. The highest BCUT2D eigenvalue weighted by atomic mass is 16.5. The summed E-state index contributed by atoms with van der Waals surface area (Å²) in [4.78, 5) is 18.7. The van der Waals surface area contributed by atoms with Crippen LogP contribution in [0.25, 0.3) is 0 Å². The molecule has 0 aliphatic carbocycles. The first-order valence-electron chi connectivity index (χ1n) is 7.15. The molecule has 0 amide bonds. The van der Waals surface area contributed by atoms with E-state index in [1.54, 1.807) is 6.92 Å². The number of nitrogens with zero attached hydrogens (tertiary/aromatic N) is 3. The summed E-state index contributed by atoms with van der Waals surface area (Å²) in [5.41, 5.74) is -0.820. The summed E-state index contributed by atoms with van der Waals surface area (Å²) >= 11 is 0. The Kier molecular flexibility index (Phi) is 6.13. The zero-order valence-corrected chi connectivity index (χ0v) is 13.1. The Labute approximate surface area is 120 Å². The van der Waals surface area contributed by atoms with Gasteiger partial charge in [0.15, 0.2) is 5.82 Å². The number of hydrogen-bond donors (Lipinski definition) is 0. The fourth-order valence-corrected chi connectivity index (χ4v) is 2.07. The van der Waals surface area contributed by atoms with Gasteiger partial charge in [-0.2, -0.15) is 4.98 Å². The minimum atomic E-state index is -0.820. The summed E-state index contributed by atoms with van der Waals surface area (Å²) in [6.45, 7) is 6.85. The van der Waals surface area contributed by atoms with Gasteiger partial charge < -0.3 is 14.2 Å². The molecule has 0 spiro atoms. The largest absolute Gasteiger partial charge is 0.465 e. The van der Waals surface area contributed by atoms with Crippen molar-refractivity contribution in [3.05, 3.63) is 11.7 Å². The predicted molar refractivity (Wildman–Crippen MR) is 75.4 cm³/mol. The summed E-state index contributed by atoms with van der Waals surface area (Å²) in [6, 6.07) is 0. The smallest absolute Gasteiger partial charge is 0.321 e. The van der Waals surface area contributed by atoms with Crippen LogP contribution in [-0.2, 0) is 21.4 Å². The number of aromatic nitrogens is 2. The van der Waals surface area contributed by atoms with E-state index in [0.717, 1.165) is 6.54 Å². The van der Waals surface area contributed by atoms with Crippen LogP contribution in [0, 0.1) is 0 Å². The zero-order chi connectivity index (χ0) is 15.2. The van der Waals surface area contributed by atoms with E-state index in [-0.39, 0.29) is 5.97 Å². The second kappa shape index (κ2) is 7.38. The maximum absolute atomic E-state index is 12.2. The normalized spacial score (nSPS) is 11.9. The molecule has 0 atom stereocenters. The Morgan fingerprint density at radius 1 is 1.30 bits per heavy atom. The van der Waals surface area contributed by atoms with Crippen LogP contribution in [0.3, 0.4) is 0 Å². The minimum absolute atomic E-state index is 0.284. The molecule has 0 saturated heterocycles. The van der Waals surface area contributed by atoms with E-state index >= 15 is 0 Å². The number of likely N-dealkylation sites (N-methyl/N-ethyl adjacent to an activating group) is 1. The van der Waals surface area contributed by atoms with E-state index in [2.05, 4.69) is 10.1 Å². The van der Waals surface area contributed by atoms with Crippen molar-refractivity contribution >= 4 is 5.97 Å². The Morgan fingerprint density at radius 3 is 2.45 bits per heavy atom. The second-order valence-electron chi connectivity index (χ2n) is 5.08. The van der Waals surface area contributed by atoms with Crippen molar-refractivity contribution < 1.29 is 14.1 Å². The van der Waals surface area contributed by atoms with Crippen molar-refractivity contribution in [2.75, 3.05) is 27.2 Å². The van der Waals surface area contributed by atoms with Crippen LogP contribution in [0.2, 0.25) is 0 Å².